The van der Waals surface area contributed by atoms with E-state index in [2.05, 4.69) is 22.3 Å². The Morgan fingerprint density at radius 1 is 1.29 bits per heavy atom. The first-order valence-electron chi connectivity index (χ1n) is 12.2. The number of carboxylic acids is 1. The Morgan fingerprint density at radius 2 is 2.09 bits per heavy atom. The Balaban J connectivity index is 1.45. The molecule has 2 N–H and O–H groups in total. The molecule has 180 valence electrons. The molecular weight excluding hydrogens is 448 g/mol. The number of hydrogen-bond acceptors (Lipinski definition) is 6. The largest absolute Gasteiger partial charge is 0.477 e. The summed E-state index contributed by atoms with van der Waals surface area (Å²) in [7, 11) is 0. The Kier molecular flexibility index (Phi) is 7.86. The molecule has 1 aliphatic carbocycles. The molecule has 2 fully saturated rings. The maximum Gasteiger partial charge on any atom is 0.349 e. The van der Waals surface area contributed by atoms with E-state index in [0.717, 1.165) is 41.8 Å². The van der Waals surface area contributed by atoms with E-state index in [1.165, 1.54) is 55.3 Å². The minimum absolute atomic E-state index is 0.172. The summed E-state index contributed by atoms with van der Waals surface area (Å²) >= 11 is 1.02. The minimum atomic E-state index is -1.33. The van der Waals surface area contributed by atoms with Crippen molar-refractivity contribution in [3.63, 3.8) is 0 Å². The van der Waals surface area contributed by atoms with Gasteiger partial charge in [-0.1, -0.05) is 31.4 Å². The molecule has 7 nitrogen and oxygen atoms in total. The number of nitriles is 1. The maximum atomic E-state index is 12.7. The number of carboxylic acid groups (broad SMARTS) is 1. The number of rotatable bonds is 7. The van der Waals surface area contributed by atoms with Crippen molar-refractivity contribution in [2.75, 3.05) is 25.0 Å². The van der Waals surface area contributed by atoms with Crippen LogP contribution in [0.2, 0.25) is 0 Å². The van der Waals surface area contributed by atoms with Crippen LogP contribution in [0.25, 0.3) is 11.8 Å². The van der Waals surface area contributed by atoms with Crippen LogP contribution in [0.3, 0.4) is 0 Å². The Bertz CT molecular complexity index is 1260. The SMILES string of the molecule is CCn1c(=O)/c(=C\Nc2cccc(CCN3CC[C@H]4CCCC[C@@H]4C3)c2)s/c1=C(/C#N)C(=O)O. The predicted octanol–water partition coefficient (Wildman–Crippen LogP) is 2.59. The monoisotopic (exact) mass is 480 g/mol. The summed E-state index contributed by atoms with van der Waals surface area (Å²) in [6.45, 7) is 5.55. The zero-order valence-electron chi connectivity index (χ0n) is 19.6. The molecule has 0 radical (unpaired) electrons. The van der Waals surface area contributed by atoms with Gasteiger partial charge < -0.3 is 15.3 Å². The number of piperidine rings is 1. The molecule has 1 aliphatic heterocycles. The topological polar surface area (TPSA) is 98.4 Å². The fraction of sp³-hybridized carbons (Fsp3) is 0.500. The molecule has 4 rings (SSSR count). The van der Waals surface area contributed by atoms with Crippen molar-refractivity contribution in [2.45, 2.75) is 52.0 Å². The summed E-state index contributed by atoms with van der Waals surface area (Å²) in [5.74, 6) is 0.499. The Hall–Kier alpha value is -2.89. The molecule has 2 heterocycles. The molecule has 0 amide bonds. The zero-order valence-corrected chi connectivity index (χ0v) is 20.4. The van der Waals surface area contributed by atoms with Gasteiger partial charge in [-0.2, -0.15) is 5.26 Å². The van der Waals surface area contributed by atoms with Gasteiger partial charge in [0.25, 0.3) is 5.56 Å². The third-order valence-corrected chi connectivity index (χ3v) is 8.28. The van der Waals surface area contributed by atoms with E-state index >= 15 is 0 Å². The van der Waals surface area contributed by atoms with Crippen molar-refractivity contribution in [2.24, 2.45) is 11.8 Å². The Labute approximate surface area is 203 Å². The molecular formula is C26H32N4O3S. The average molecular weight is 481 g/mol. The molecule has 1 saturated carbocycles. The lowest BCUT2D eigenvalue weighted by Crippen LogP contribution is -2.42. The van der Waals surface area contributed by atoms with E-state index in [0.29, 0.717) is 11.1 Å². The summed E-state index contributed by atoms with van der Waals surface area (Å²) in [6, 6.07) is 9.89. The van der Waals surface area contributed by atoms with Crippen LogP contribution in [0.4, 0.5) is 5.69 Å². The number of fused-ring (bicyclic) bond motifs is 1. The average Bonchev–Trinajstić information content (AvgIpc) is 3.16. The highest BCUT2D eigenvalue weighted by Crippen LogP contribution is 2.36. The second-order valence-corrected chi connectivity index (χ2v) is 10.3. The van der Waals surface area contributed by atoms with Gasteiger partial charge in [0.1, 0.15) is 15.3 Å². The lowest BCUT2D eigenvalue weighted by atomic mass is 9.75. The summed E-state index contributed by atoms with van der Waals surface area (Å²) < 4.78 is 1.87. The molecule has 2 aliphatic rings. The fourth-order valence-electron chi connectivity index (χ4n) is 5.31. The van der Waals surface area contributed by atoms with E-state index in [1.807, 2.05) is 12.1 Å². The third kappa shape index (κ3) is 5.43. The van der Waals surface area contributed by atoms with Gasteiger partial charge in [-0.15, -0.1) is 11.3 Å². The lowest BCUT2D eigenvalue weighted by molar-refractivity contribution is -0.130. The van der Waals surface area contributed by atoms with Crippen molar-refractivity contribution in [1.29, 1.82) is 5.26 Å². The van der Waals surface area contributed by atoms with Crippen LogP contribution in [-0.2, 0) is 17.8 Å². The molecule has 8 heteroatoms. The number of nitrogens with zero attached hydrogens (tertiary/aromatic N) is 3. The number of hydrogen-bond donors (Lipinski definition) is 2. The normalized spacial score (nSPS) is 22.1. The smallest absolute Gasteiger partial charge is 0.349 e. The van der Waals surface area contributed by atoms with Gasteiger partial charge in [-0.3, -0.25) is 9.36 Å². The van der Waals surface area contributed by atoms with Crippen LogP contribution in [-0.4, -0.2) is 40.2 Å². The first-order chi connectivity index (χ1) is 16.5. The van der Waals surface area contributed by atoms with Crippen LogP contribution >= 0.6 is 11.3 Å². The van der Waals surface area contributed by atoms with Crippen LogP contribution in [0, 0.1) is 23.2 Å². The molecule has 0 bridgehead atoms. The van der Waals surface area contributed by atoms with Gasteiger partial charge in [0.2, 0.25) is 0 Å². The third-order valence-electron chi connectivity index (χ3n) is 7.15. The molecule has 2 aromatic rings. The first kappa shape index (κ1) is 24.2. The lowest BCUT2D eigenvalue weighted by Gasteiger charge is -2.41. The Morgan fingerprint density at radius 3 is 2.82 bits per heavy atom. The molecule has 1 aromatic carbocycles. The summed E-state index contributed by atoms with van der Waals surface area (Å²) in [6.07, 6.45) is 9.54. The van der Waals surface area contributed by atoms with Crippen LogP contribution in [0.15, 0.2) is 29.1 Å². The second kappa shape index (κ2) is 11.0. The van der Waals surface area contributed by atoms with Crippen molar-refractivity contribution in [1.82, 2.24) is 9.47 Å². The van der Waals surface area contributed by atoms with E-state index in [9.17, 15) is 20.0 Å². The minimum Gasteiger partial charge on any atom is -0.477 e. The van der Waals surface area contributed by atoms with E-state index < -0.39 is 11.5 Å². The van der Waals surface area contributed by atoms with Gasteiger partial charge in [0.05, 0.1) is 0 Å². The van der Waals surface area contributed by atoms with Crippen LogP contribution in [0.5, 0.6) is 0 Å². The standard InChI is InChI=1S/C26H32N4O3S/c1-2-30-24(31)23(34-25(30)22(15-27)26(32)33)16-28-21-9-5-6-18(14-21)10-12-29-13-11-19-7-3-4-8-20(19)17-29/h5-6,9,14,16,19-20,28H,2-4,7-8,10-13,17H2,1H3,(H,32,33)/b23-16+,25-22-/t19-,20-/m1/s1. The number of thiazole rings is 1. The van der Waals surface area contributed by atoms with Crippen molar-refractivity contribution in [3.05, 3.63) is 49.4 Å². The maximum absolute atomic E-state index is 12.7. The number of nitrogens with one attached hydrogen (secondary N) is 1. The molecule has 1 saturated heterocycles. The molecule has 0 spiro atoms. The number of carbonyl (C=O) groups is 1. The molecule has 34 heavy (non-hydrogen) atoms. The van der Waals surface area contributed by atoms with Gasteiger partial charge in [0.15, 0.2) is 5.57 Å². The predicted molar refractivity (Wildman–Crippen MR) is 135 cm³/mol. The highest BCUT2D eigenvalue weighted by Gasteiger charge is 2.30. The zero-order chi connectivity index (χ0) is 24.1. The van der Waals surface area contributed by atoms with Gasteiger partial charge >= 0.3 is 5.97 Å². The first-order valence-corrected chi connectivity index (χ1v) is 13.0. The second-order valence-electron chi connectivity index (χ2n) is 9.25. The number of likely N-dealkylation sites (tertiary alicyclic amines) is 1. The van der Waals surface area contributed by atoms with Gasteiger partial charge in [-0.25, -0.2) is 4.79 Å². The highest BCUT2D eigenvalue weighted by molar-refractivity contribution is 7.07. The fourth-order valence-corrected chi connectivity index (χ4v) is 6.39. The number of aromatic nitrogens is 1. The van der Waals surface area contributed by atoms with E-state index in [1.54, 1.807) is 19.2 Å². The number of aliphatic carboxylic acids is 1. The molecule has 2 atom stereocenters. The van der Waals surface area contributed by atoms with Crippen molar-refractivity contribution < 1.29 is 9.90 Å². The number of anilines is 1. The van der Waals surface area contributed by atoms with Gasteiger partial charge in [0, 0.05) is 31.5 Å². The molecule has 0 unspecified atom stereocenters. The summed E-state index contributed by atoms with van der Waals surface area (Å²) in [5.41, 5.74) is 1.41. The van der Waals surface area contributed by atoms with Crippen LogP contribution < -0.4 is 20.1 Å². The van der Waals surface area contributed by atoms with E-state index in [-0.39, 0.29) is 10.2 Å². The summed E-state index contributed by atoms with van der Waals surface area (Å²) in [4.78, 5) is 26.7. The quantitative estimate of drug-likeness (QED) is 0.632. The van der Waals surface area contributed by atoms with Crippen molar-refractivity contribution in [3.8, 4) is 6.07 Å². The van der Waals surface area contributed by atoms with Crippen molar-refractivity contribution >= 4 is 34.8 Å². The van der Waals surface area contributed by atoms with Gasteiger partial charge in [-0.05, 0) is 62.3 Å². The highest BCUT2D eigenvalue weighted by atomic mass is 32.1. The van der Waals surface area contributed by atoms with Crippen LogP contribution in [0.1, 0.15) is 44.6 Å². The molecule has 1 aromatic heterocycles. The van der Waals surface area contributed by atoms with E-state index in [4.69, 9.17) is 0 Å². The summed E-state index contributed by atoms with van der Waals surface area (Å²) in [5, 5.41) is 21.7. The number of benzene rings is 1.